The first-order valence-corrected chi connectivity index (χ1v) is 8.05. The minimum absolute atomic E-state index is 0.0147. The Morgan fingerprint density at radius 3 is 2.50 bits per heavy atom. The Kier molecular flexibility index (Phi) is 4.01. The first-order chi connectivity index (χ1) is 12.5. The van der Waals surface area contributed by atoms with Gasteiger partial charge in [0.05, 0.1) is 10.6 Å². The monoisotopic (exact) mass is 369 g/mol. The second kappa shape index (κ2) is 6.35. The van der Waals surface area contributed by atoms with Crippen LogP contribution in [0.25, 0.3) is 16.8 Å². The third-order valence-electron chi connectivity index (χ3n) is 3.94. The molecule has 3 aromatic carbocycles. The van der Waals surface area contributed by atoms with E-state index in [1.54, 1.807) is 6.08 Å². The van der Waals surface area contributed by atoms with Crippen molar-refractivity contribution in [3.63, 3.8) is 0 Å². The van der Waals surface area contributed by atoms with Gasteiger partial charge in [-0.2, -0.15) is 0 Å². The van der Waals surface area contributed by atoms with E-state index in [-0.39, 0.29) is 22.2 Å². The van der Waals surface area contributed by atoms with Gasteiger partial charge < -0.3 is 4.74 Å². The van der Waals surface area contributed by atoms with Crippen molar-refractivity contribution in [1.82, 2.24) is 0 Å². The Labute approximate surface area is 152 Å². The van der Waals surface area contributed by atoms with Gasteiger partial charge in [-0.05, 0) is 40.6 Å². The number of nitrogens with zero attached hydrogens (tertiary/aromatic N) is 1. The van der Waals surface area contributed by atoms with Gasteiger partial charge in [0.25, 0.3) is 0 Å². The van der Waals surface area contributed by atoms with E-state index in [0.717, 1.165) is 28.5 Å². The van der Waals surface area contributed by atoms with Crippen LogP contribution in [0.2, 0.25) is 5.02 Å². The summed E-state index contributed by atoms with van der Waals surface area (Å²) in [5, 5.41) is 1.99. The average molecular weight is 370 g/mol. The van der Waals surface area contributed by atoms with E-state index in [4.69, 9.17) is 16.3 Å². The maximum Gasteiger partial charge on any atom is 0.363 e. The van der Waals surface area contributed by atoms with Crippen molar-refractivity contribution < 1.29 is 18.3 Å². The SMILES string of the molecule is O=C1OC(c2cc(F)c(F)cc2Cl)=N/C1=C/c1ccc2ccccc2c1. The lowest BCUT2D eigenvalue weighted by Crippen LogP contribution is -2.07. The summed E-state index contributed by atoms with van der Waals surface area (Å²) < 4.78 is 31.7. The Morgan fingerprint density at radius 2 is 1.69 bits per heavy atom. The predicted octanol–water partition coefficient (Wildman–Crippen LogP) is 5.12. The van der Waals surface area contributed by atoms with Gasteiger partial charge in [0.1, 0.15) is 0 Å². The fourth-order valence-corrected chi connectivity index (χ4v) is 2.90. The number of hydrogen-bond donors (Lipinski definition) is 0. The van der Waals surface area contributed by atoms with Gasteiger partial charge in [-0.25, -0.2) is 18.6 Å². The third-order valence-corrected chi connectivity index (χ3v) is 4.25. The van der Waals surface area contributed by atoms with Crippen LogP contribution in [-0.4, -0.2) is 11.9 Å². The molecule has 0 aromatic heterocycles. The number of esters is 1. The smallest absolute Gasteiger partial charge is 0.363 e. The van der Waals surface area contributed by atoms with Gasteiger partial charge in [-0.15, -0.1) is 0 Å². The summed E-state index contributed by atoms with van der Waals surface area (Å²) >= 11 is 5.90. The van der Waals surface area contributed by atoms with Crippen molar-refractivity contribution in [3.8, 4) is 0 Å². The molecule has 0 radical (unpaired) electrons. The second-order valence-electron chi connectivity index (χ2n) is 5.69. The quantitative estimate of drug-likeness (QED) is 0.357. The molecule has 0 N–H and O–H groups in total. The molecule has 0 fully saturated rings. The number of carbonyl (C=O) groups excluding carboxylic acids is 1. The zero-order valence-corrected chi connectivity index (χ0v) is 13.9. The van der Waals surface area contributed by atoms with E-state index in [0.29, 0.717) is 0 Å². The molecule has 0 atom stereocenters. The highest BCUT2D eigenvalue weighted by Gasteiger charge is 2.26. The summed E-state index contributed by atoms with van der Waals surface area (Å²) in [7, 11) is 0. The maximum absolute atomic E-state index is 13.5. The van der Waals surface area contributed by atoms with E-state index >= 15 is 0 Å². The van der Waals surface area contributed by atoms with Crippen molar-refractivity contribution in [2.24, 2.45) is 4.99 Å². The van der Waals surface area contributed by atoms with Crippen LogP contribution in [0.1, 0.15) is 11.1 Å². The van der Waals surface area contributed by atoms with E-state index in [2.05, 4.69) is 4.99 Å². The number of rotatable bonds is 2. The van der Waals surface area contributed by atoms with Crippen LogP contribution in [0.4, 0.5) is 8.78 Å². The van der Waals surface area contributed by atoms with E-state index in [1.807, 2.05) is 42.5 Å². The number of halogens is 3. The molecule has 0 bridgehead atoms. The molecule has 0 saturated heterocycles. The number of hydrogen-bond acceptors (Lipinski definition) is 3. The van der Waals surface area contributed by atoms with Crippen LogP contribution in [0, 0.1) is 11.6 Å². The van der Waals surface area contributed by atoms with E-state index in [9.17, 15) is 13.6 Å². The van der Waals surface area contributed by atoms with Gasteiger partial charge in [0, 0.05) is 0 Å². The maximum atomic E-state index is 13.5. The minimum Gasteiger partial charge on any atom is -0.402 e. The molecule has 0 unspecified atom stereocenters. The van der Waals surface area contributed by atoms with Gasteiger partial charge in [-0.3, -0.25) is 0 Å². The topological polar surface area (TPSA) is 38.7 Å². The second-order valence-corrected chi connectivity index (χ2v) is 6.10. The molecule has 1 aliphatic rings. The first kappa shape index (κ1) is 16.4. The molecule has 0 spiro atoms. The van der Waals surface area contributed by atoms with Crippen LogP contribution in [-0.2, 0) is 9.53 Å². The summed E-state index contributed by atoms with van der Waals surface area (Å²) in [5.74, 6) is -3.04. The Hall–Kier alpha value is -3.05. The molecular formula is C20H10ClF2NO2. The number of fused-ring (bicyclic) bond motifs is 1. The lowest BCUT2D eigenvalue weighted by molar-refractivity contribution is -0.129. The molecular weight excluding hydrogens is 360 g/mol. The summed E-state index contributed by atoms with van der Waals surface area (Å²) in [6.07, 6.45) is 1.57. The van der Waals surface area contributed by atoms with E-state index in [1.165, 1.54) is 0 Å². The average Bonchev–Trinajstić information content (AvgIpc) is 2.98. The van der Waals surface area contributed by atoms with Gasteiger partial charge in [0.15, 0.2) is 17.3 Å². The number of ether oxygens (including phenoxy) is 1. The summed E-state index contributed by atoms with van der Waals surface area (Å²) in [6.45, 7) is 0. The molecule has 1 heterocycles. The highest BCUT2D eigenvalue weighted by atomic mass is 35.5. The van der Waals surface area contributed by atoms with Crippen LogP contribution in [0.5, 0.6) is 0 Å². The fraction of sp³-hybridized carbons (Fsp3) is 0. The lowest BCUT2D eigenvalue weighted by atomic mass is 10.1. The Balaban J connectivity index is 1.73. The largest absolute Gasteiger partial charge is 0.402 e. The van der Waals surface area contributed by atoms with Crippen LogP contribution in [0.3, 0.4) is 0 Å². The summed E-state index contributed by atoms with van der Waals surface area (Å²) in [5.41, 5.74) is 0.828. The molecule has 6 heteroatoms. The number of benzene rings is 3. The van der Waals surface area contributed by atoms with Crippen LogP contribution >= 0.6 is 11.6 Å². The minimum atomic E-state index is -1.10. The van der Waals surface area contributed by atoms with Crippen molar-refractivity contribution in [2.45, 2.75) is 0 Å². The zero-order chi connectivity index (χ0) is 18.3. The van der Waals surface area contributed by atoms with Gasteiger partial charge >= 0.3 is 5.97 Å². The zero-order valence-electron chi connectivity index (χ0n) is 13.2. The van der Waals surface area contributed by atoms with Crippen molar-refractivity contribution in [2.75, 3.05) is 0 Å². The van der Waals surface area contributed by atoms with Crippen molar-refractivity contribution in [1.29, 1.82) is 0 Å². The summed E-state index contributed by atoms with van der Waals surface area (Å²) in [4.78, 5) is 16.2. The molecule has 4 rings (SSSR count). The van der Waals surface area contributed by atoms with E-state index < -0.39 is 17.6 Å². The van der Waals surface area contributed by atoms with Crippen LogP contribution < -0.4 is 0 Å². The number of carbonyl (C=O) groups is 1. The third kappa shape index (κ3) is 2.97. The molecule has 3 nitrogen and oxygen atoms in total. The molecule has 26 heavy (non-hydrogen) atoms. The molecule has 1 aliphatic heterocycles. The molecule has 128 valence electrons. The van der Waals surface area contributed by atoms with Crippen LogP contribution in [0.15, 0.2) is 65.3 Å². The highest BCUT2D eigenvalue weighted by Crippen LogP contribution is 2.26. The molecule has 0 aliphatic carbocycles. The Bertz CT molecular complexity index is 1120. The van der Waals surface area contributed by atoms with Crippen molar-refractivity contribution in [3.05, 3.63) is 88.1 Å². The number of aliphatic imine (C=N–C) groups is 1. The molecule has 3 aromatic rings. The normalized spacial score (nSPS) is 15.4. The molecule has 0 amide bonds. The molecule has 0 saturated carbocycles. The van der Waals surface area contributed by atoms with Gasteiger partial charge in [0.2, 0.25) is 5.90 Å². The lowest BCUT2D eigenvalue weighted by Gasteiger charge is -2.03. The fourth-order valence-electron chi connectivity index (χ4n) is 2.67. The Morgan fingerprint density at radius 1 is 0.962 bits per heavy atom. The van der Waals surface area contributed by atoms with Gasteiger partial charge in [-0.1, -0.05) is 48.0 Å². The highest BCUT2D eigenvalue weighted by molar-refractivity contribution is 6.34. The standard InChI is InChI=1S/C20H10ClF2NO2/c21-15-10-17(23)16(22)9-14(15)19-24-18(20(25)26-19)8-11-5-6-12-3-1-2-4-13(12)7-11/h1-10H/b18-8+. The predicted molar refractivity (Wildman–Crippen MR) is 95.9 cm³/mol. The summed E-state index contributed by atoms with van der Waals surface area (Å²) in [6, 6.07) is 15.2. The first-order valence-electron chi connectivity index (χ1n) is 7.67. The number of cyclic esters (lactones) is 1. The van der Waals surface area contributed by atoms with Crippen molar-refractivity contribution >= 4 is 40.3 Å².